The predicted octanol–water partition coefficient (Wildman–Crippen LogP) is 5.00. The fourth-order valence-electron chi connectivity index (χ4n) is 3.44. The van der Waals surface area contributed by atoms with Crippen molar-refractivity contribution >= 4 is 28.1 Å². The molecule has 0 bridgehead atoms. The molecule has 0 aliphatic rings. The van der Waals surface area contributed by atoms with Crippen LogP contribution in [0.2, 0.25) is 0 Å². The van der Waals surface area contributed by atoms with E-state index in [0.29, 0.717) is 45.7 Å². The maximum atomic E-state index is 14.9. The zero-order chi connectivity index (χ0) is 24.8. The lowest BCUT2D eigenvalue weighted by atomic mass is 9.99. The number of anilines is 2. The number of benzene rings is 1. The first-order chi connectivity index (χ1) is 16.9. The summed E-state index contributed by atoms with van der Waals surface area (Å²) in [5.41, 5.74) is 8.61. The van der Waals surface area contributed by atoms with E-state index in [0.717, 1.165) is 5.56 Å². The van der Waals surface area contributed by atoms with E-state index in [2.05, 4.69) is 15.3 Å². The Morgan fingerprint density at radius 1 is 1.17 bits per heavy atom. The number of ether oxygens (including phenoxy) is 1. The molecule has 180 valence electrons. The summed E-state index contributed by atoms with van der Waals surface area (Å²) in [6, 6.07) is 15.6. The van der Waals surface area contributed by atoms with Gasteiger partial charge in [0.25, 0.3) is 5.91 Å². The standard InChI is InChI=1S/C26H25FN4O3S/c1-16(13-32)18-5-6-20(22(27)11-18)23-12-21(25(28)33)26(35-23)31-24-4-2-3-19(30-24)15-34-14-17-7-9-29-10-8-17/h2-12,16,32H,13-15H2,1H3,(H2,28,33)(H,30,31). The van der Waals surface area contributed by atoms with Crippen LogP contribution in [0.5, 0.6) is 0 Å². The summed E-state index contributed by atoms with van der Waals surface area (Å²) < 4.78 is 20.6. The number of hydrogen-bond donors (Lipinski definition) is 3. The van der Waals surface area contributed by atoms with Crippen LogP contribution in [0.3, 0.4) is 0 Å². The molecular weight excluding hydrogens is 467 g/mol. The number of aliphatic hydroxyl groups excluding tert-OH is 1. The zero-order valence-corrected chi connectivity index (χ0v) is 19.9. The molecule has 1 unspecified atom stereocenters. The molecule has 1 atom stereocenters. The van der Waals surface area contributed by atoms with Gasteiger partial charge < -0.3 is 20.9 Å². The van der Waals surface area contributed by atoms with E-state index in [-0.39, 0.29) is 18.1 Å². The molecule has 1 aromatic carbocycles. The number of nitrogens with one attached hydrogen (secondary N) is 1. The number of carbonyl (C=O) groups is 1. The van der Waals surface area contributed by atoms with Crippen LogP contribution >= 0.6 is 11.3 Å². The number of carbonyl (C=O) groups excluding carboxylic acids is 1. The van der Waals surface area contributed by atoms with Crippen LogP contribution in [0.25, 0.3) is 10.4 Å². The van der Waals surface area contributed by atoms with E-state index in [4.69, 9.17) is 10.5 Å². The molecule has 3 aromatic heterocycles. The average Bonchev–Trinajstić information content (AvgIpc) is 3.28. The van der Waals surface area contributed by atoms with Crippen LogP contribution in [0.1, 0.15) is 40.0 Å². The molecule has 35 heavy (non-hydrogen) atoms. The third kappa shape index (κ3) is 6.07. The maximum Gasteiger partial charge on any atom is 0.251 e. The first-order valence-electron chi connectivity index (χ1n) is 11.0. The molecule has 3 heterocycles. The SMILES string of the molecule is CC(CO)c1ccc(-c2cc(C(N)=O)c(Nc3cccc(COCc4ccncc4)n3)s2)c(F)c1. The zero-order valence-electron chi connectivity index (χ0n) is 19.1. The van der Waals surface area contributed by atoms with Crippen molar-refractivity contribution in [3.63, 3.8) is 0 Å². The maximum absolute atomic E-state index is 14.9. The Kier molecular flexibility index (Phi) is 7.81. The van der Waals surface area contributed by atoms with Crippen LogP contribution in [0.4, 0.5) is 15.2 Å². The minimum absolute atomic E-state index is 0.0709. The van der Waals surface area contributed by atoms with Gasteiger partial charge in [-0.1, -0.05) is 25.1 Å². The normalized spacial score (nSPS) is 11.9. The quantitative estimate of drug-likeness (QED) is 0.287. The second-order valence-electron chi connectivity index (χ2n) is 8.03. The van der Waals surface area contributed by atoms with Crippen molar-refractivity contribution in [1.82, 2.24) is 9.97 Å². The van der Waals surface area contributed by atoms with E-state index >= 15 is 0 Å². The molecule has 7 nitrogen and oxygen atoms in total. The molecule has 0 saturated heterocycles. The smallest absolute Gasteiger partial charge is 0.251 e. The number of thiophene rings is 1. The van der Waals surface area contributed by atoms with Gasteiger partial charge in [0.15, 0.2) is 0 Å². The number of aliphatic hydroxyl groups is 1. The molecule has 0 aliphatic heterocycles. The minimum Gasteiger partial charge on any atom is -0.396 e. The van der Waals surface area contributed by atoms with Crippen LogP contribution in [-0.2, 0) is 18.0 Å². The number of rotatable bonds is 10. The molecular formula is C26H25FN4O3S. The average molecular weight is 493 g/mol. The Labute approximate surface area is 206 Å². The summed E-state index contributed by atoms with van der Waals surface area (Å²) in [5.74, 6) is -0.721. The fraction of sp³-hybridized carbons (Fsp3) is 0.192. The molecule has 4 rings (SSSR count). The van der Waals surface area contributed by atoms with Crippen molar-refractivity contribution in [2.45, 2.75) is 26.1 Å². The summed E-state index contributed by atoms with van der Waals surface area (Å²) in [7, 11) is 0. The van der Waals surface area contributed by atoms with Crippen LogP contribution in [0, 0.1) is 5.82 Å². The van der Waals surface area contributed by atoms with Crippen molar-refractivity contribution in [1.29, 1.82) is 0 Å². The minimum atomic E-state index is -0.627. The second kappa shape index (κ2) is 11.2. The topological polar surface area (TPSA) is 110 Å². The summed E-state index contributed by atoms with van der Waals surface area (Å²) in [5, 5.41) is 12.9. The van der Waals surface area contributed by atoms with E-state index < -0.39 is 11.7 Å². The highest BCUT2D eigenvalue weighted by atomic mass is 32.1. The van der Waals surface area contributed by atoms with Crippen molar-refractivity contribution in [2.24, 2.45) is 5.73 Å². The Balaban J connectivity index is 1.52. The number of nitrogens with zero attached hydrogens (tertiary/aromatic N) is 2. The monoisotopic (exact) mass is 492 g/mol. The lowest BCUT2D eigenvalue weighted by Gasteiger charge is -2.10. The van der Waals surface area contributed by atoms with Gasteiger partial charge in [-0.15, -0.1) is 11.3 Å². The van der Waals surface area contributed by atoms with Gasteiger partial charge in [-0.25, -0.2) is 9.37 Å². The first kappa shape index (κ1) is 24.5. The van der Waals surface area contributed by atoms with Gasteiger partial charge in [-0.3, -0.25) is 9.78 Å². The third-order valence-electron chi connectivity index (χ3n) is 5.42. The summed E-state index contributed by atoms with van der Waals surface area (Å²) in [6.45, 7) is 2.49. The lowest BCUT2D eigenvalue weighted by molar-refractivity contribution is 0.100. The van der Waals surface area contributed by atoms with Gasteiger partial charge in [0, 0.05) is 35.4 Å². The Morgan fingerprint density at radius 3 is 2.69 bits per heavy atom. The number of pyridine rings is 2. The van der Waals surface area contributed by atoms with Crippen molar-refractivity contribution in [3.8, 4) is 10.4 Å². The van der Waals surface area contributed by atoms with Gasteiger partial charge in [0.1, 0.15) is 16.6 Å². The summed E-state index contributed by atoms with van der Waals surface area (Å²) in [4.78, 5) is 21.2. The second-order valence-corrected chi connectivity index (χ2v) is 9.08. The highest BCUT2D eigenvalue weighted by molar-refractivity contribution is 7.19. The molecule has 4 aromatic rings. The van der Waals surface area contributed by atoms with Crippen molar-refractivity contribution in [3.05, 3.63) is 95.2 Å². The first-order valence-corrected chi connectivity index (χ1v) is 11.8. The molecule has 1 amide bonds. The largest absolute Gasteiger partial charge is 0.396 e. The molecule has 0 spiro atoms. The third-order valence-corrected chi connectivity index (χ3v) is 6.50. The van der Waals surface area contributed by atoms with Gasteiger partial charge in [0.05, 0.1) is 24.5 Å². The van der Waals surface area contributed by atoms with Gasteiger partial charge in [0.2, 0.25) is 0 Å². The van der Waals surface area contributed by atoms with Crippen molar-refractivity contribution in [2.75, 3.05) is 11.9 Å². The number of primary amides is 1. The highest BCUT2D eigenvalue weighted by Gasteiger charge is 2.18. The summed E-state index contributed by atoms with van der Waals surface area (Å²) in [6.07, 6.45) is 3.42. The molecule has 9 heteroatoms. The van der Waals surface area contributed by atoms with Gasteiger partial charge >= 0.3 is 0 Å². The number of aromatic nitrogens is 2. The van der Waals surface area contributed by atoms with Crippen molar-refractivity contribution < 1.29 is 19.0 Å². The van der Waals surface area contributed by atoms with Crippen LogP contribution in [-0.4, -0.2) is 27.6 Å². The number of halogens is 1. The van der Waals surface area contributed by atoms with E-state index in [1.165, 1.54) is 17.4 Å². The Bertz CT molecular complexity index is 1310. The Hall–Kier alpha value is -3.66. The fourth-order valence-corrected chi connectivity index (χ4v) is 4.54. The molecule has 4 N–H and O–H groups in total. The molecule has 0 fully saturated rings. The highest BCUT2D eigenvalue weighted by Crippen LogP contribution is 2.38. The number of hydrogen-bond acceptors (Lipinski definition) is 7. The predicted molar refractivity (Wildman–Crippen MR) is 134 cm³/mol. The van der Waals surface area contributed by atoms with E-state index in [1.54, 1.807) is 36.7 Å². The Morgan fingerprint density at radius 2 is 1.97 bits per heavy atom. The van der Waals surface area contributed by atoms with E-state index in [1.807, 2.05) is 31.2 Å². The number of amides is 1. The van der Waals surface area contributed by atoms with Gasteiger partial charge in [-0.2, -0.15) is 0 Å². The lowest BCUT2D eigenvalue weighted by Crippen LogP contribution is -2.11. The molecule has 0 radical (unpaired) electrons. The summed E-state index contributed by atoms with van der Waals surface area (Å²) >= 11 is 1.21. The van der Waals surface area contributed by atoms with E-state index in [9.17, 15) is 14.3 Å². The number of nitrogens with two attached hydrogens (primary N) is 1. The van der Waals surface area contributed by atoms with Crippen LogP contribution in [0.15, 0.2) is 67.0 Å². The molecule has 0 aliphatic carbocycles. The molecule has 0 saturated carbocycles. The van der Waals surface area contributed by atoms with Crippen LogP contribution < -0.4 is 11.1 Å². The van der Waals surface area contributed by atoms with Gasteiger partial charge in [-0.05, 0) is 47.5 Å².